The Balaban J connectivity index is 1.73. The van der Waals surface area contributed by atoms with Crippen LogP contribution in [-0.4, -0.2) is 22.2 Å². The Hall–Kier alpha value is -2.69. The number of rotatable bonds is 8. The maximum absolute atomic E-state index is 7.75. The second-order valence-corrected chi connectivity index (χ2v) is 6.78. The highest BCUT2D eigenvalue weighted by atomic mass is 15.0. The Labute approximate surface area is 155 Å². The van der Waals surface area contributed by atoms with Crippen molar-refractivity contribution < 1.29 is 0 Å². The van der Waals surface area contributed by atoms with Crippen molar-refractivity contribution >= 4 is 23.2 Å². The molecule has 0 bridgehead atoms. The molecule has 5 nitrogen and oxygen atoms in total. The molecular formula is C21H27N5. The van der Waals surface area contributed by atoms with Crippen LogP contribution in [0.1, 0.15) is 49.7 Å². The van der Waals surface area contributed by atoms with Crippen molar-refractivity contribution in [3.8, 4) is 0 Å². The van der Waals surface area contributed by atoms with Gasteiger partial charge in [0.05, 0.1) is 17.1 Å². The van der Waals surface area contributed by atoms with Crippen molar-refractivity contribution in [3.63, 3.8) is 0 Å². The summed E-state index contributed by atoms with van der Waals surface area (Å²) in [6.45, 7) is 4.16. The van der Waals surface area contributed by atoms with Crippen LogP contribution in [0, 0.1) is 12.3 Å². The molecule has 26 heavy (non-hydrogen) atoms. The van der Waals surface area contributed by atoms with E-state index in [1.165, 1.54) is 25.5 Å². The lowest BCUT2D eigenvalue weighted by Crippen LogP contribution is -2.27. The number of hydrogen-bond acceptors (Lipinski definition) is 5. The van der Waals surface area contributed by atoms with Gasteiger partial charge in [0.2, 0.25) is 0 Å². The Bertz CT molecular complexity index is 793. The van der Waals surface area contributed by atoms with Crippen molar-refractivity contribution in [1.82, 2.24) is 9.97 Å². The number of nitrogens with one attached hydrogen (secondary N) is 3. The average molecular weight is 349 g/mol. The Kier molecular flexibility index (Phi) is 6.00. The topological polar surface area (TPSA) is 73.7 Å². The first-order valence-corrected chi connectivity index (χ1v) is 9.36. The summed E-state index contributed by atoms with van der Waals surface area (Å²) in [6, 6.07) is 8.61. The van der Waals surface area contributed by atoms with E-state index in [0.29, 0.717) is 6.04 Å². The molecule has 3 N–H and O–H groups in total. The smallest absolute Gasteiger partial charge is 0.0736 e. The van der Waals surface area contributed by atoms with Crippen LogP contribution in [0.3, 0.4) is 0 Å². The van der Waals surface area contributed by atoms with Gasteiger partial charge in [-0.3, -0.25) is 9.97 Å². The average Bonchev–Trinajstić information content (AvgIpc) is 2.60. The monoisotopic (exact) mass is 349 g/mol. The molecule has 0 radical (unpaired) electrons. The van der Waals surface area contributed by atoms with E-state index in [1.807, 2.05) is 37.5 Å². The standard InChI is InChI=1S/C21H27N5/c1-3-5-18-12-19(10-11-23-18)24-14-16(13-22)21-9-8-20(15(2)25-21)26-17-6-4-7-17/h8-14,17,22,26H,3-7H2,1-2H3,(H,23,24)/b16-14+,22-13?. The van der Waals surface area contributed by atoms with E-state index in [2.05, 4.69) is 33.6 Å². The summed E-state index contributed by atoms with van der Waals surface area (Å²) in [5.74, 6) is 0. The van der Waals surface area contributed by atoms with Crippen LogP contribution < -0.4 is 10.6 Å². The van der Waals surface area contributed by atoms with Crippen LogP contribution in [-0.2, 0) is 6.42 Å². The zero-order valence-electron chi connectivity index (χ0n) is 15.5. The second-order valence-electron chi connectivity index (χ2n) is 6.78. The van der Waals surface area contributed by atoms with E-state index in [9.17, 15) is 0 Å². The van der Waals surface area contributed by atoms with Crippen molar-refractivity contribution in [3.05, 3.63) is 53.7 Å². The third-order valence-corrected chi connectivity index (χ3v) is 4.72. The lowest BCUT2D eigenvalue weighted by Gasteiger charge is -2.28. The van der Waals surface area contributed by atoms with Crippen molar-refractivity contribution in [2.75, 3.05) is 10.6 Å². The minimum atomic E-state index is 0.588. The Morgan fingerprint density at radius 2 is 2.15 bits per heavy atom. The molecule has 1 aliphatic rings. The molecule has 2 aromatic heterocycles. The maximum Gasteiger partial charge on any atom is 0.0736 e. The summed E-state index contributed by atoms with van der Waals surface area (Å²) in [6.07, 6.45) is 10.8. The van der Waals surface area contributed by atoms with Crippen LogP contribution >= 0.6 is 0 Å². The summed E-state index contributed by atoms with van der Waals surface area (Å²) in [4.78, 5) is 9.05. The molecule has 2 heterocycles. The van der Waals surface area contributed by atoms with Gasteiger partial charge < -0.3 is 16.0 Å². The largest absolute Gasteiger partial charge is 0.381 e. The van der Waals surface area contributed by atoms with Crippen molar-refractivity contribution in [2.24, 2.45) is 0 Å². The van der Waals surface area contributed by atoms with E-state index in [-0.39, 0.29) is 0 Å². The van der Waals surface area contributed by atoms with Crippen molar-refractivity contribution in [1.29, 1.82) is 5.41 Å². The normalized spacial score (nSPS) is 14.6. The minimum absolute atomic E-state index is 0.588. The SMILES string of the molecule is CCCc1cc(N/C=C(\C=N)c2ccc(NC3CCC3)c(C)n2)ccn1. The molecule has 5 heteroatoms. The number of allylic oxidation sites excluding steroid dienone is 1. The van der Waals surface area contributed by atoms with E-state index in [4.69, 9.17) is 5.41 Å². The van der Waals surface area contributed by atoms with Gasteiger partial charge in [-0.25, -0.2) is 0 Å². The summed E-state index contributed by atoms with van der Waals surface area (Å²) < 4.78 is 0. The van der Waals surface area contributed by atoms with E-state index in [1.54, 1.807) is 0 Å². The van der Waals surface area contributed by atoms with E-state index < -0.39 is 0 Å². The lowest BCUT2D eigenvalue weighted by atomic mass is 9.93. The highest BCUT2D eigenvalue weighted by molar-refractivity contribution is 6.08. The zero-order chi connectivity index (χ0) is 18.4. The molecule has 1 aliphatic carbocycles. The van der Waals surface area contributed by atoms with Gasteiger partial charge in [-0.2, -0.15) is 0 Å². The summed E-state index contributed by atoms with van der Waals surface area (Å²) >= 11 is 0. The van der Waals surface area contributed by atoms with Crippen LogP contribution in [0.4, 0.5) is 11.4 Å². The summed E-state index contributed by atoms with van der Waals surface area (Å²) in [5.41, 5.74) is 5.65. The predicted molar refractivity (Wildman–Crippen MR) is 109 cm³/mol. The molecule has 0 saturated heterocycles. The van der Waals surface area contributed by atoms with Crippen LogP contribution in [0.15, 0.2) is 36.7 Å². The molecule has 136 valence electrons. The van der Waals surface area contributed by atoms with Crippen molar-refractivity contribution in [2.45, 2.75) is 52.0 Å². The number of anilines is 2. The first-order chi connectivity index (χ1) is 12.7. The van der Waals surface area contributed by atoms with Gasteiger partial charge in [-0.1, -0.05) is 13.3 Å². The number of aromatic nitrogens is 2. The fourth-order valence-electron chi connectivity index (χ4n) is 2.96. The third-order valence-electron chi connectivity index (χ3n) is 4.72. The van der Waals surface area contributed by atoms with Gasteiger partial charge in [-0.15, -0.1) is 0 Å². The molecule has 3 rings (SSSR count). The molecule has 0 spiro atoms. The molecular weight excluding hydrogens is 322 g/mol. The maximum atomic E-state index is 7.75. The highest BCUT2D eigenvalue weighted by Gasteiger charge is 2.18. The minimum Gasteiger partial charge on any atom is -0.381 e. The van der Waals surface area contributed by atoms with Crippen LogP contribution in [0.25, 0.3) is 5.57 Å². The molecule has 0 aliphatic heterocycles. The van der Waals surface area contributed by atoms with Crippen LogP contribution in [0.5, 0.6) is 0 Å². The molecule has 0 amide bonds. The predicted octanol–water partition coefficient (Wildman–Crippen LogP) is 4.80. The lowest BCUT2D eigenvalue weighted by molar-refractivity contribution is 0.445. The number of nitrogens with zero attached hydrogens (tertiary/aromatic N) is 2. The number of aryl methyl sites for hydroxylation is 2. The fourth-order valence-corrected chi connectivity index (χ4v) is 2.96. The third kappa shape index (κ3) is 4.48. The molecule has 0 aromatic carbocycles. The first kappa shape index (κ1) is 18.1. The number of pyridine rings is 2. The van der Waals surface area contributed by atoms with Gasteiger partial charge in [0.1, 0.15) is 0 Å². The van der Waals surface area contributed by atoms with E-state index >= 15 is 0 Å². The van der Waals surface area contributed by atoms with Gasteiger partial charge in [-0.05, 0) is 56.9 Å². The fraction of sp³-hybridized carbons (Fsp3) is 0.381. The highest BCUT2D eigenvalue weighted by Crippen LogP contribution is 2.25. The van der Waals surface area contributed by atoms with Gasteiger partial charge in [0.25, 0.3) is 0 Å². The Morgan fingerprint density at radius 1 is 1.31 bits per heavy atom. The quantitative estimate of drug-likeness (QED) is 0.598. The summed E-state index contributed by atoms with van der Waals surface area (Å²) in [5, 5.41) is 14.6. The second kappa shape index (κ2) is 8.61. The zero-order valence-corrected chi connectivity index (χ0v) is 15.5. The van der Waals surface area contributed by atoms with Gasteiger partial charge in [0.15, 0.2) is 0 Å². The van der Waals surface area contributed by atoms with Gasteiger partial charge in [0, 0.05) is 41.6 Å². The molecule has 2 aromatic rings. The molecule has 1 fully saturated rings. The van der Waals surface area contributed by atoms with Gasteiger partial charge >= 0.3 is 0 Å². The molecule has 0 unspecified atom stereocenters. The number of hydrogen-bond donors (Lipinski definition) is 3. The molecule has 1 saturated carbocycles. The Morgan fingerprint density at radius 3 is 2.81 bits per heavy atom. The molecule has 0 atom stereocenters. The van der Waals surface area contributed by atoms with Crippen LogP contribution in [0.2, 0.25) is 0 Å². The van der Waals surface area contributed by atoms with E-state index in [0.717, 1.165) is 46.9 Å². The summed E-state index contributed by atoms with van der Waals surface area (Å²) in [7, 11) is 0. The first-order valence-electron chi connectivity index (χ1n) is 9.36.